The van der Waals surface area contributed by atoms with Crippen LogP contribution in [0.4, 0.5) is 4.79 Å². The highest BCUT2D eigenvalue weighted by Crippen LogP contribution is 2.36. The third kappa shape index (κ3) is 0.605. The van der Waals surface area contributed by atoms with E-state index in [-0.39, 0.29) is 12.2 Å². The molecular weight excluding hydrogens is 146 g/mol. The van der Waals surface area contributed by atoms with Gasteiger partial charge in [-0.3, -0.25) is 0 Å². The van der Waals surface area contributed by atoms with Crippen LogP contribution in [0.3, 0.4) is 0 Å². The Bertz CT molecular complexity index is 198. The van der Waals surface area contributed by atoms with Crippen LogP contribution in [0.2, 0.25) is 0 Å². The van der Waals surface area contributed by atoms with E-state index in [1.54, 1.807) is 0 Å². The fraction of sp³-hybridized carbons (Fsp3) is 0.857. The fourth-order valence-electron chi connectivity index (χ4n) is 2.33. The number of nitrogens with one attached hydrogen (secondary N) is 1. The van der Waals surface area contributed by atoms with Crippen LogP contribution >= 0.6 is 0 Å². The first-order valence-corrected chi connectivity index (χ1v) is 3.98. The van der Waals surface area contributed by atoms with Gasteiger partial charge in [-0.05, 0) is 12.8 Å². The lowest BCUT2D eigenvalue weighted by Gasteiger charge is -2.16. The molecule has 2 bridgehead atoms. The minimum atomic E-state index is -0.488. The second kappa shape index (κ2) is 1.69. The normalized spacial score (nSPS) is 52.2. The first kappa shape index (κ1) is 5.83. The molecule has 4 atom stereocenters. The first-order valence-electron chi connectivity index (χ1n) is 3.98. The van der Waals surface area contributed by atoms with Crippen LogP contribution in [-0.4, -0.2) is 30.4 Å². The topological polar surface area (TPSA) is 47.6 Å². The highest BCUT2D eigenvalue weighted by atomic mass is 16.8. The SMILES string of the molecule is O=C1OC2C3CCC(N3)C2O1. The zero-order chi connectivity index (χ0) is 7.42. The van der Waals surface area contributed by atoms with Crippen LogP contribution in [0, 0.1) is 0 Å². The predicted octanol–water partition coefficient (Wildman–Crippen LogP) is 0.0246. The quantitative estimate of drug-likeness (QED) is 0.501. The van der Waals surface area contributed by atoms with Gasteiger partial charge in [-0.2, -0.15) is 0 Å². The summed E-state index contributed by atoms with van der Waals surface area (Å²) in [7, 11) is 0. The molecule has 4 unspecified atom stereocenters. The summed E-state index contributed by atoms with van der Waals surface area (Å²) >= 11 is 0. The van der Waals surface area contributed by atoms with Crippen LogP contribution in [0.5, 0.6) is 0 Å². The molecule has 1 N–H and O–H groups in total. The molecule has 0 saturated carbocycles. The van der Waals surface area contributed by atoms with Crippen molar-refractivity contribution in [1.82, 2.24) is 5.32 Å². The number of hydrogen-bond donors (Lipinski definition) is 1. The minimum absolute atomic E-state index is 0.00116. The van der Waals surface area contributed by atoms with Crippen LogP contribution in [0.25, 0.3) is 0 Å². The van der Waals surface area contributed by atoms with Gasteiger partial charge in [0.2, 0.25) is 0 Å². The molecule has 11 heavy (non-hydrogen) atoms. The average Bonchev–Trinajstić information content (AvgIpc) is 2.53. The molecule has 0 aromatic carbocycles. The smallest absolute Gasteiger partial charge is 0.425 e. The maximum absolute atomic E-state index is 10.7. The van der Waals surface area contributed by atoms with Crippen LogP contribution < -0.4 is 5.32 Å². The summed E-state index contributed by atoms with van der Waals surface area (Å²) in [5.74, 6) is 0. The Hall–Kier alpha value is -0.770. The van der Waals surface area contributed by atoms with Crippen molar-refractivity contribution in [3.8, 4) is 0 Å². The van der Waals surface area contributed by atoms with Crippen LogP contribution in [0.15, 0.2) is 0 Å². The maximum Gasteiger partial charge on any atom is 0.509 e. The summed E-state index contributed by atoms with van der Waals surface area (Å²) in [6.07, 6.45) is 1.74. The van der Waals surface area contributed by atoms with E-state index in [0.29, 0.717) is 12.1 Å². The number of fused-ring (bicyclic) bond motifs is 5. The molecule has 3 heterocycles. The van der Waals surface area contributed by atoms with E-state index >= 15 is 0 Å². The molecule has 0 aromatic heterocycles. The largest absolute Gasteiger partial charge is 0.509 e. The van der Waals surface area contributed by atoms with Gasteiger partial charge in [0.15, 0.2) is 12.2 Å². The van der Waals surface area contributed by atoms with Crippen molar-refractivity contribution in [3.05, 3.63) is 0 Å². The Labute approximate surface area is 63.8 Å². The molecule has 0 spiro atoms. The fourth-order valence-corrected chi connectivity index (χ4v) is 2.33. The van der Waals surface area contributed by atoms with Crippen molar-refractivity contribution in [2.45, 2.75) is 37.1 Å². The van der Waals surface area contributed by atoms with Gasteiger partial charge in [0.25, 0.3) is 0 Å². The van der Waals surface area contributed by atoms with Gasteiger partial charge in [0.05, 0.1) is 0 Å². The molecule has 0 aliphatic carbocycles. The number of carbonyl (C=O) groups is 1. The van der Waals surface area contributed by atoms with Crippen LogP contribution in [-0.2, 0) is 9.47 Å². The van der Waals surface area contributed by atoms with Crippen molar-refractivity contribution in [3.63, 3.8) is 0 Å². The number of rotatable bonds is 0. The Morgan fingerprint density at radius 3 is 2.27 bits per heavy atom. The lowest BCUT2D eigenvalue weighted by atomic mass is 9.95. The molecule has 0 amide bonds. The second-order valence-electron chi connectivity index (χ2n) is 3.37. The highest BCUT2D eigenvalue weighted by molar-refractivity contribution is 5.63. The van der Waals surface area contributed by atoms with E-state index < -0.39 is 6.16 Å². The lowest BCUT2D eigenvalue weighted by molar-refractivity contribution is 0.105. The van der Waals surface area contributed by atoms with Crippen molar-refractivity contribution >= 4 is 6.16 Å². The monoisotopic (exact) mass is 155 g/mol. The maximum atomic E-state index is 10.7. The number of hydrogen-bond acceptors (Lipinski definition) is 4. The third-order valence-electron chi connectivity index (χ3n) is 2.80. The molecule has 0 radical (unpaired) electrons. The highest BCUT2D eigenvalue weighted by Gasteiger charge is 2.55. The van der Waals surface area contributed by atoms with E-state index in [4.69, 9.17) is 9.47 Å². The molecule has 3 aliphatic heterocycles. The summed E-state index contributed by atoms with van der Waals surface area (Å²) in [4.78, 5) is 10.7. The molecule has 60 valence electrons. The van der Waals surface area contributed by atoms with Crippen molar-refractivity contribution in [1.29, 1.82) is 0 Å². The Balaban J connectivity index is 1.92. The zero-order valence-electron chi connectivity index (χ0n) is 5.95. The Morgan fingerprint density at radius 2 is 1.73 bits per heavy atom. The summed E-state index contributed by atoms with van der Waals surface area (Å²) in [5, 5.41) is 3.35. The molecule has 3 fully saturated rings. The van der Waals surface area contributed by atoms with Gasteiger partial charge in [0.1, 0.15) is 0 Å². The summed E-state index contributed by atoms with van der Waals surface area (Å²) < 4.78 is 9.99. The Morgan fingerprint density at radius 1 is 1.18 bits per heavy atom. The molecule has 3 aliphatic rings. The molecule has 3 rings (SSSR count). The summed E-state index contributed by atoms with van der Waals surface area (Å²) in [6, 6.07) is 0.716. The first-order chi connectivity index (χ1) is 5.34. The number of ether oxygens (including phenoxy) is 2. The van der Waals surface area contributed by atoms with Gasteiger partial charge in [-0.25, -0.2) is 4.79 Å². The molecular formula is C7H9NO3. The molecule has 3 saturated heterocycles. The van der Waals surface area contributed by atoms with Gasteiger partial charge >= 0.3 is 6.16 Å². The molecule has 4 nitrogen and oxygen atoms in total. The van der Waals surface area contributed by atoms with Gasteiger partial charge in [-0.15, -0.1) is 0 Å². The molecule has 0 aromatic rings. The van der Waals surface area contributed by atoms with Crippen molar-refractivity contribution in [2.24, 2.45) is 0 Å². The van der Waals surface area contributed by atoms with E-state index in [2.05, 4.69) is 5.32 Å². The van der Waals surface area contributed by atoms with Gasteiger partial charge in [0, 0.05) is 12.1 Å². The van der Waals surface area contributed by atoms with E-state index in [1.165, 1.54) is 0 Å². The average molecular weight is 155 g/mol. The summed E-state index contributed by atoms with van der Waals surface area (Å²) in [6.45, 7) is 0. The standard InChI is InChI=1S/C7H9NO3/c9-7-10-5-3-1-2-4(8-3)6(5)11-7/h3-6,8H,1-2H2. The van der Waals surface area contributed by atoms with E-state index in [9.17, 15) is 4.79 Å². The van der Waals surface area contributed by atoms with Gasteiger partial charge in [-0.1, -0.05) is 0 Å². The second-order valence-corrected chi connectivity index (χ2v) is 3.37. The van der Waals surface area contributed by atoms with Crippen molar-refractivity contribution in [2.75, 3.05) is 0 Å². The van der Waals surface area contributed by atoms with Crippen LogP contribution in [0.1, 0.15) is 12.8 Å². The van der Waals surface area contributed by atoms with E-state index in [0.717, 1.165) is 12.8 Å². The molecule has 4 heteroatoms. The van der Waals surface area contributed by atoms with Gasteiger partial charge < -0.3 is 14.8 Å². The zero-order valence-corrected chi connectivity index (χ0v) is 5.95. The Kier molecular flexibility index (Phi) is 0.896. The summed E-state index contributed by atoms with van der Waals surface area (Å²) in [5.41, 5.74) is 0. The van der Waals surface area contributed by atoms with Crippen molar-refractivity contribution < 1.29 is 14.3 Å². The van der Waals surface area contributed by atoms with E-state index in [1.807, 2.05) is 0 Å². The third-order valence-corrected chi connectivity index (χ3v) is 2.80. The lowest BCUT2D eigenvalue weighted by Crippen LogP contribution is -2.33. The number of carbonyl (C=O) groups excluding carboxylic acids is 1. The minimum Gasteiger partial charge on any atom is -0.425 e. The predicted molar refractivity (Wildman–Crippen MR) is 35.1 cm³/mol.